The maximum atomic E-state index is 13.2. The minimum atomic E-state index is -3.14. The van der Waals surface area contributed by atoms with E-state index >= 15 is 0 Å². The molecular formula is C18H21N5O2. The molecule has 2 heterocycles. The van der Waals surface area contributed by atoms with E-state index < -0.39 is 30.7 Å². The molecule has 0 aliphatic carbocycles. The molecule has 130 valence electrons. The van der Waals surface area contributed by atoms with Crippen LogP contribution in [0.2, 0.25) is 0 Å². The molecule has 0 unspecified atom stereocenters. The van der Waals surface area contributed by atoms with E-state index in [9.17, 15) is 14.9 Å². The molecule has 25 heavy (non-hydrogen) atoms. The summed E-state index contributed by atoms with van der Waals surface area (Å²) in [6.45, 7) is -5.64. The Hall–Kier alpha value is -2.85. The Morgan fingerprint density at radius 2 is 2.28 bits per heavy atom. The van der Waals surface area contributed by atoms with Gasteiger partial charge < -0.3 is 10.6 Å². The fourth-order valence-electron chi connectivity index (χ4n) is 2.76. The van der Waals surface area contributed by atoms with E-state index in [0.29, 0.717) is 17.4 Å². The lowest BCUT2D eigenvalue weighted by atomic mass is 10.1. The number of anilines is 1. The molecule has 1 aromatic heterocycles. The molecule has 0 bridgehead atoms. The largest absolute Gasteiger partial charge is 0.356 e. The standard InChI is InChI=1S/C18H21N5O2/c1-21-17(24)9-16(22-8-4-7-15(20)12-22)23(18(21)25)11-14-6-3-2-5-13(14)10-19/h2-3,5-6,9,15H,4,7-8,11-12,20H2,1H3/t15-/m1/s1/i1D3,11D2,15D. The molecule has 1 aromatic carbocycles. The molecule has 3 rings (SSSR count). The van der Waals surface area contributed by atoms with Gasteiger partial charge in [-0.25, -0.2) is 4.79 Å². The van der Waals surface area contributed by atoms with Crippen LogP contribution < -0.4 is 21.9 Å². The Morgan fingerprint density at radius 1 is 1.48 bits per heavy atom. The molecule has 2 aromatic rings. The van der Waals surface area contributed by atoms with E-state index in [4.69, 9.17) is 14.0 Å². The highest BCUT2D eigenvalue weighted by Crippen LogP contribution is 2.19. The quantitative estimate of drug-likeness (QED) is 0.868. The van der Waals surface area contributed by atoms with Gasteiger partial charge in [-0.1, -0.05) is 18.2 Å². The molecule has 1 aliphatic heterocycles. The second kappa shape index (κ2) is 6.95. The Balaban J connectivity index is 2.37. The SMILES string of the molecule is [2H]C([2H])([2H])n1c(=O)cc(N2CCC[C@@]([2H])(N)C2)n(C([2H])([2H])c2ccccc2C#N)c1=O. The number of nitriles is 1. The topological polar surface area (TPSA) is 97.1 Å². The first-order valence-electron chi connectivity index (χ1n) is 10.7. The first-order valence-corrected chi connectivity index (χ1v) is 7.73. The normalized spacial score (nSPS) is 24.9. The zero-order valence-electron chi connectivity index (χ0n) is 19.4. The lowest BCUT2D eigenvalue weighted by Crippen LogP contribution is -2.47. The first kappa shape index (κ1) is 10.9. The third kappa shape index (κ3) is 3.35. The third-order valence-electron chi connectivity index (χ3n) is 4.01. The number of aromatic nitrogens is 2. The van der Waals surface area contributed by atoms with E-state index in [1.54, 1.807) is 0 Å². The molecule has 0 amide bonds. The fourth-order valence-corrected chi connectivity index (χ4v) is 2.76. The molecule has 0 radical (unpaired) electrons. The maximum Gasteiger partial charge on any atom is 0.332 e. The van der Waals surface area contributed by atoms with Gasteiger partial charge in [-0.05, 0) is 24.5 Å². The average Bonchev–Trinajstić information content (AvgIpc) is 2.65. The Kier molecular flexibility index (Phi) is 3.03. The van der Waals surface area contributed by atoms with Crippen molar-refractivity contribution in [3.63, 3.8) is 0 Å². The van der Waals surface area contributed by atoms with Gasteiger partial charge in [-0.2, -0.15) is 5.26 Å². The number of rotatable bonds is 3. The zero-order valence-corrected chi connectivity index (χ0v) is 13.4. The molecule has 1 fully saturated rings. The monoisotopic (exact) mass is 345 g/mol. The Bertz CT molecular complexity index is 1160. The number of nitrogens with zero attached hydrogens (tertiary/aromatic N) is 4. The van der Waals surface area contributed by atoms with Crippen molar-refractivity contribution >= 4 is 5.82 Å². The van der Waals surface area contributed by atoms with Crippen molar-refractivity contribution in [2.45, 2.75) is 25.4 Å². The van der Waals surface area contributed by atoms with Crippen molar-refractivity contribution in [3.8, 4) is 6.07 Å². The van der Waals surface area contributed by atoms with Crippen LogP contribution in [0.4, 0.5) is 5.82 Å². The number of benzene rings is 1. The van der Waals surface area contributed by atoms with Crippen LogP contribution in [0.3, 0.4) is 0 Å². The fraction of sp³-hybridized carbons (Fsp3) is 0.389. The van der Waals surface area contributed by atoms with E-state index in [1.807, 2.05) is 6.07 Å². The number of nitrogens with two attached hydrogens (primary N) is 1. The highest BCUT2D eigenvalue weighted by molar-refractivity contribution is 5.42. The summed E-state index contributed by atoms with van der Waals surface area (Å²) in [6, 6.07) is 7.02. The van der Waals surface area contributed by atoms with Crippen LogP contribution in [0.5, 0.6) is 0 Å². The van der Waals surface area contributed by atoms with E-state index in [0.717, 1.165) is 6.07 Å². The van der Waals surface area contributed by atoms with Crippen LogP contribution in [0, 0.1) is 11.3 Å². The first-order chi connectivity index (χ1) is 14.3. The minimum Gasteiger partial charge on any atom is -0.356 e. The molecule has 1 aliphatic rings. The average molecular weight is 345 g/mol. The molecule has 7 nitrogen and oxygen atoms in total. The van der Waals surface area contributed by atoms with Gasteiger partial charge in [-0.15, -0.1) is 0 Å². The van der Waals surface area contributed by atoms with Crippen molar-refractivity contribution in [1.82, 2.24) is 9.13 Å². The van der Waals surface area contributed by atoms with Gasteiger partial charge in [0.2, 0.25) is 0 Å². The molecule has 7 heteroatoms. The molecule has 1 atom stereocenters. The van der Waals surface area contributed by atoms with Crippen LogP contribution in [0.15, 0.2) is 39.9 Å². The highest BCUT2D eigenvalue weighted by atomic mass is 16.2. The summed E-state index contributed by atoms with van der Waals surface area (Å²) in [5.41, 5.74) is 3.19. The van der Waals surface area contributed by atoms with E-state index in [-0.39, 0.29) is 34.6 Å². The Labute approximate surface area is 154 Å². The van der Waals surface area contributed by atoms with Gasteiger partial charge in [0.1, 0.15) is 5.82 Å². The molecule has 0 saturated carbocycles. The lowest BCUT2D eigenvalue weighted by Gasteiger charge is -2.34. The number of hydrogen-bond acceptors (Lipinski definition) is 5. The molecule has 1 saturated heterocycles. The summed E-state index contributed by atoms with van der Waals surface area (Å²) in [5, 5.41) is 9.41. The van der Waals surface area contributed by atoms with E-state index in [1.165, 1.54) is 29.2 Å². The van der Waals surface area contributed by atoms with Gasteiger partial charge in [0.05, 0.1) is 20.9 Å². The van der Waals surface area contributed by atoms with Gasteiger partial charge in [0, 0.05) is 37.6 Å². The summed E-state index contributed by atoms with van der Waals surface area (Å²) in [7, 11) is 0. The predicted octanol–water partition coefficient (Wildman–Crippen LogP) is 0.394. The van der Waals surface area contributed by atoms with Crippen LogP contribution in [-0.4, -0.2) is 28.2 Å². The van der Waals surface area contributed by atoms with Crippen LogP contribution in [0.25, 0.3) is 0 Å². The highest BCUT2D eigenvalue weighted by Gasteiger charge is 2.22. The van der Waals surface area contributed by atoms with E-state index in [2.05, 4.69) is 0 Å². The molecule has 0 spiro atoms. The summed E-state index contributed by atoms with van der Waals surface area (Å²) in [4.78, 5) is 27.2. The van der Waals surface area contributed by atoms with Gasteiger partial charge in [0.25, 0.3) is 5.56 Å². The lowest BCUT2D eigenvalue weighted by molar-refractivity contribution is 0.491. The predicted molar refractivity (Wildman–Crippen MR) is 95.6 cm³/mol. The molecule has 2 N–H and O–H groups in total. The summed E-state index contributed by atoms with van der Waals surface area (Å²) in [5.74, 6) is -0.199. The van der Waals surface area contributed by atoms with Crippen LogP contribution in [-0.2, 0) is 13.5 Å². The minimum absolute atomic E-state index is 0.00363. The van der Waals surface area contributed by atoms with Gasteiger partial charge >= 0.3 is 5.69 Å². The van der Waals surface area contributed by atoms with Gasteiger partial charge in [0.15, 0.2) is 0 Å². The van der Waals surface area contributed by atoms with Crippen molar-refractivity contribution < 1.29 is 8.22 Å². The third-order valence-corrected chi connectivity index (χ3v) is 4.01. The van der Waals surface area contributed by atoms with Crippen molar-refractivity contribution in [1.29, 1.82) is 5.26 Å². The van der Waals surface area contributed by atoms with Crippen LogP contribution >= 0.6 is 0 Å². The van der Waals surface area contributed by atoms with Crippen LogP contribution in [0.1, 0.15) is 32.2 Å². The summed E-state index contributed by atoms with van der Waals surface area (Å²) >= 11 is 0. The van der Waals surface area contributed by atoms with Crippen molar-refractivity contribution in [2.75, 3.05) is 18.0 Å². The summed E-state index contributed by atoms with van der Waals surface area (Å²) in [6.07, 6.45) is 0.818. The second-order valence-corrected chi connectivity index (χ2v) is 5.75. The van der Waals surface area contributed by atoms with Gasteiger partial charge in [-0.3, -0.25) is 13.9 Å². The zero-order chi connectivity index (χ0) is 23.2. The summed E-state index contributed by atoms with van der Waals surface area (Å²) < 4.78 is 48.8. The molecular weight excluding hydrogens is 318 g/mol. The second-order valence-electron chi connectivity index (χ2n) is 5.75. The number of piperidine rings is 1. The smallest absolute Gasteiger partial charge is 0.332 e. The number of hydrogen-bond donors (Lipinski definition) is 1. The maximum absolute atomic E-state index is 13.2. The van der Waals surface area contributed by atoms with Crippen molar-refractivity contribution in [2.24, 2.45) is 12.7 Å². The Morgan fingerprint density at radius 3 is 3.00 bits per heavy atom. The van der Waals surface area contributed by atoms with Crippen molar-refractivity contribution in [3.05, 3.63) is 62.3 Å².